The Kier molecular flexibility index (Phi) is 6.12. The summed E-state index contributed by atoms with van der Waals surface area (Å²) >= 11 is 5.95. The molecule has 2 aliphatic rings. The first-order chi connectivity index (χ1) is 16.0. The zero-order chi connectivity index (χ0) is 22.9. The highest BCUT2D eigenvalue weighted by atomic mass is 35.5. The second kappa shape index (κ2) is 9.19. The Labute approximate surface area is 195 Å². The average Bonchev–Trinajstić information content (AvgIpc) is 3.27. The fourth-order valence-corrected chi connectivity index (χ4v) is 4.92. The first-order valence-corrected chi connectivity index (χ1v) is 11.6. The molecule has 0 spiro atoms. The van der Waals surface area contributed by atoms with E-state index in [-0.39, 0.29) is 29.7 Å². The number of nitrogens with zero attached hydrogens (tertiary/aromatic N) is 3. The molecule has 2 fully saturated rings. The zero-order valence-corrected chi connectivity index (χ0v) is 19.0. The number of amides is 1. The van der Waals surface area contributed by atoms with Crippen LogP contribution in [0.15, 0.2) is 41.3 Å². The first-order valence-electron chi connectivity index (χ1n) is 11.3. The van der Waals surface area contributed by atoms with Crippen LogP contribution in [0.3, 0.4) is 0 Å². The smallest absolute Gasteiger partial charge is 0.251 e. The second-order valence-corrected chi connectivity index (χ2v) is 9.12. The van der Waals surface area contributed by atoms with Crippen LogP contribution in [0.1, 0.15) is 24.5 Å². The number of ether oxygens (including phenoxy) is 1. The molecule has 0 bridgehead atoms. The number of likely N-dealkylation sites (tertiary alicyclic amines) is 1. The zero-order valence-electron chi connectivity index (χ0n) is 18.2. The van der Waals surface area contributed by atoms with E-state index in [1.807, 2.05) is 12.1 Å². The van der Waals surface area contributed by atoms with Crippen LogP contribution in [0, 0.1) is 5.82 Å². The van der Waals surface area contributed by atoms with Gasteiger partial charge in [0.2, 0.25) is 5.91 Å². The SMILES string of the molecule is O=C(Cn1cc(Cl)ccc1=O)N1CCC(c2cc3c(F)cc(N4CCOCC4)cc3[nH]2)CC1. The number of fused-ring (bicyclic) bond motifs is 1. The minimum Gasteiger partial charge on any atom is -0.378 e. The third-order valence-corrected chi connectivity index (χ3v) is 6.83. The maximum absolute atomic E-state index is 14.9. The predicted octanol–water partition coefficient (Wildman–Crippen LogP) is 3.36. The number of H-pyrrole nitrogens is 1. The Hall–Kier alpha value is -2.84. The number of aromatic amines is 1. The normalized spacial score (nSPS) is 17.6. The summed E-state index contributed by atoms with van der Waals surface area (Å²) in [5.41, 5.74) is 2.42. The van der Waals surface area contributed by atoms with E-state index in [4.69, 9.17) is 16.3 Å². The summed E-state index contributed by atoms with van der Waals surface area (Å²) in [4.78, 5) is 32.0. The number of benzene rings is 1. The fraction of sp³-hybridized carbons (Fsp3) is 0.417. The van der Waals surface area contributed by atoms with Gasteiger partial charge in [-0.15, -0.1) is 0 Å². The summed E-state index contributed by atoms with van der Waals surface area (Å²) < 4.78 is 21.6. The van der Waals surface area contributed by atoms with E-state index in [1.54, 1.807) is 11.0 Å². The Bertz CT molecular complexity index is 1230. The number of aromatic nitrogens is 2. The molecule has 174 valence electrons. The van der Waals surface area contributed by atoms with Gasteiger partial charge in [-0.3, -0.25) is 9.59 Å². The summed E-state index contributed by atoms with van der Waals surface area (Å²) in [5.74, 6) is -0.103. The molecule has 7 nitrogen and oxygen atoms in total. The minimum atomic E-state index is -0.251. The lowest BCUT2D eigenvalue weighted by Gasteiger charge is -2.31. The molecule has 5 rings (SSSR count). The van der Waals surface area contributed by atoms with Crippen molar-refractivity contribution in [3.8, 4) is 0 Å². The molecule has 1 aromatic carbocycles. The number of carbonyl (C=O) groups excluding carboxylic acids is 1. The van der Waals surface area contributed by atoms with Crippen LogP contribution >= 0.6 is 11.6 Å². The largest absolute Gasteiger partial charge is 0.378 e. The molecule has 2 aromatic heterocycles. The Morgan fingerprint density at radius 2 is 1.88 bits per heavy atom. The van der Waals surface area contributed by atoms with Crippen molar-refractivity contribution in [3.05, 3.63) is 63.4 Å². The number of pyridine rings is 1. The molecule has 1 amide bonds. The van der Waals surface area contributed by atoms with Crippen LogP contribution in [0.5, 0.6) is 0 Å². The van der Waals surface area contributed by atoms with Crippen molar-refractivity contribution >= 4 is 34.1 Å². The van der Waals surface area contributed by atoms with Gasteiger partial charge in [-0.05, 0) is 37.1 Å². The molecular weight excluding hydrogens is 447 g/mol. The van der Waals surface area contributed by atoms with Crippen LogP contribution in [0.25, 0.3) is 10.9 Å². The van der Waals surface area contributed by atoms with Gasteiger partial charge < -0.3 is 24.1 Å². The van der Waals surface area contributed by atoms with Crippen LogP contribution in [-0.2, 0) is 16.1 Å². The van der Waals surface area contributed by atoms with E-state index in [2.05, 4.69) is 9.88 Å². The molecule has 2 aliphatic heterocycles. The van der Waals surface area contributed by atoms with Gasteiger partial charge in [0.05, 0.1) is 23.8 Å². The summed E-state index contributed by atoms with van der Waals surface area (Å²) in [6.07, 6.45) is 3.04. The van der Waals surface area contributed by atoms with Gasteiger partial charge in [-0.1, -0.05) is 11.6 Å². The Morgan fingerprint density at radius 3 is 2.64 bits per heavy atom. The maximum atomic E-state index is 14.9. The number of hydrogen-bond donors (Lipinski definition) is 1. The van der Waals surface area contributed by atoms with Crippen molar-refractivity contribution < 1.29 is 13.9 Å². The molecule has 0 radical (unpaired) electrons. The van der Waals surface area contributed by atoms with Crippen LogP contribution < -0.4 is 10.5 Å². The van der Waals surface area contributed by atoms with Crippen molar-refractivity contribution in [2.24, 2.45) is 0 Å². The van der Waals surface area contributed by atoms with Gasteiger partial charge in [0.1, 0.15) is 12.4 Å². The Morgan fingerprint density at radius 1 is 1.12 bits per heavy atom. The molecular formula is C24H26ClFN4O3. The number of hydrogen-bond acceptors (Lipinski definition) is 4. The topological polar surface area (TPSA) is 70.6 Å². The standard InChI is InChI=1S/C24H26ClFN4O3/c25-17-1-2-23(31)30(14-17)15-24(32)29-5-3-16(4-6-29)21-13-19-20(26)11-18(12-22(19)27-21)28-7-9-33-10-8-28/h1-2,11-14,16,27H,3-10,15H2. The molecule has 0 atom stereocenters. The molecule has 0 unspecified atom stereocenters. The third kappa shape index (κ3) is 4.63. The molecule has 0 saturated carbocycles. The van der Waals surface area contributed by atoms with Gasteiger partial charge >= 0.3 is 0 Å². The lowest BCUT2D eigenvalue weighted by atomic mass is 9.93. The maximum Gasteiger partial charge on any atom is 0.251 e. The summed E-state index contributed by atoms with van der Waals surface area (Å²) in [6.45, 7) is 3.98. The third-order valence-electron chi connectivity index (χ3n) is 6.61. The molecule has 0 aliphatic carbocycles. The lowest BCUT2D eigenvalue weighted by molar-refractivity contribution is -0.132. The van der Waals surface area contributed by atoms with E-state index in [0.717, 1.165) is 42.8 Å². The van der Waals surface area contributed by atoms with Gasteiger partial charge in [-0.25, -0.2) is 4.39 Å². The highest BCUT2D eigenvalue weighted by Crippen LogP contribution is 2.33. The number of rotatable bonds is 4. The molecule has 9 heteroatoms. The number of anilines is 1. The molecule has 1 N–H and O–H groups in total. The summed E-state index contributed by atoms with van der Waals surface area (Å²) in [5, 5.41) is 1.02. The monoisotopic (exact) mass is 472 g/mol. The first kappa shape index (κ1) is 22.0. The number of piperidine rings is 1. The van der Waals surface area contributed by atoms with E-state index < -0.39 is 0 Å². The quantitative estimate of drug-likeness (QED) is 0.632. The Balaban J connectivity index is 1.26. The van der Waals surface area contributed by atoms with Crippen molar-refractivity contribution in [2.75, 3.05) is 44.3 Å². The molecule has 33 heavy (non-hydrogen) atoms. The van der Waals surface area contributed by atoms with E-state index in [1.165, 1.54) is 22.9 Å². The summed E-state index contributed by atoms with van der Waals surface area (Å²) in [6, 6.07) is 8.39. The van der Waals surface area contributed by atoms with E-state index in [9.17, 15) is 14.0 Å². The minimum absolute atomic E-state index is 0.0218. The van der Waals surface area contributed by atoms with Crippen molar-refractivity contribution in [1.29, 1.82) is 0 Å². The molecule has 2 saturated heterocycles. The predicted molar refractivity (Wildman–Crippen MR) is 126 cm³/mol. The fourth-order valence-electron chi connectivity index (χ4n) is 4.74. The van der Waals surface area contributed by atoms with Crippen LogP contribution in [-0.4, -0.2) is 59.8 Å². The van der Waals surface area contributed by atoms with Crippen molar-refractivity contribution in [2.45, 2.75) is 25.3 Å². The van der Waals surface area contributed by atoms with Crippen LogP contribution in [0.4, 0.5) is 10.1 Å². The van der Waals surface area contributed by atoms with Gasteiger partial charge in [-0.2, -0.15) is 0 Å². The lowest BCUT2D eigenvalue weighted by Crippen LogP contribution is -2.41. The number of nitrogens with one attached hydrogen (secondary N) is 1. The van der Waals surface area contributed by atoms with E-state index >= 15 is 0 Å². The van der Waals surface area contributed by atoms with Gasteiger partial charge in [0.15, 0.2) is 0 Å². The van der Waals surface area contributed by atoms with Gasteiger partial charge in [0, 0.05) is 61.1 Å². The average molecular weight is 473 g/mol. The van der Waals surface area contributed by atoms with Crippen molar-refractivity contribution in [3.63, 3.8) is 0 Å². The summed E-state index contributed by atoms with van der Waals surface area (Å²) in [7, 11) is 0. The number of carbonyl (C=O) groups is 1. The highest BCUT2D eigenvalue weighted by molar-refractivity contribution is 6.30. The number of halogens is 2. The molecule has 4 heterocycles. The second-order valence-electron chi connectivity index (χ2n) is 8.68. The molecule has 3 aromatic rings. The van der Waals surface area contributed by atoms with E-state index in [0.29, 0.717) is 36.7 Å². The number of morpholine rings is 1. The highest BCUT2D eigenvalue weighted by Gasteiger charge is 2.26. The van der Waals surface area contributed by atoms with Crippen molar-refractivity contribution in [1.82, 2.24) is 14.5 Å². The van der Waals surface area contributed by atoms with Gasteiger partial charge in [0.25, 0.3) is 5.56 Å². The van der Waals surface area contributed by atoms with Crippen LogP contribution in [0.2, 0.25) is 5.02 Å².